The van der Waals surface area contributed by atoms with Gasteiger partial charge in [0.2, 0.25) is 0 Å². The van der Waals surface area contributed by atoms with Gasteiger partial charge in [-0.05, 0) is 36.7 Å². The van der Waals surface area contributed by atoms with E-state index in [9.17, 15) is 0 Å². The van der Waals surface area contributed by atoms with Crippen LogP contribution >= 0.6 is 0 Å². The highest BCUT2D eigenvalue weighted by molar-refractivity contribution is 5.28. The van der Waals surface area contributed by atoms with Crippen molar-refractivity contribution < 1.29 is 9.47 Å². The van der Waals surface area contributed by atoms with Crippen molar-refractivity contribution in [3.8, 4) is 0 Å². The number of hydrogen-bond donors (Lipinski definition) is 0. The third kappa shape index (κ3) is 3.87. The molecule has 0 N–H and O–H groups in total. The maximum Gasteiger partial charge on any atom is 0.184 e. The summed E-state index contributed by atoms with van der Waals surface area (Å²) in [6.07, 6.45) is 9.46. The van der Waals surface area contributed by atoms with E-state index in [2.05, 4.69) is 31.2 Å². The van der Waals surface area contributed by atoms with Crippen LogP contribution in [0.4, 0.5) is 0 Å². The van der Waals surface area contributed by atoms with E-state index in [1.54, 1.807) is 0 Å². The monoisotopic (exact) mass is 288 g/mol. The Morgan fingerprint density at radius 2 is 1.81 bits per heavy atom. The summed E-state index contributed by atoms with van der Waals surface area (Å²) in [6, 6.07) is 8.66. The quantitative estimate of drug-likeness (QED) is 0.768. The van der Waals surface area contributed by atoms with Crippen molar-refractivity contribution in [1.29, 1.82) is 0 Å². The Kier molecular flexibility index (Phi) is 5.32. The van der Waals surface area contributed by atoms with Gasteiger partial charge in [0.1, 0.15) is 0 Å². The highest BCUT2D eigenvalue weighted by atomic mass is 16.7. The molecule has 1 aliphatic heterocycles. The fraction of sp³-hybridized carbons (Fsp3) is 0.684. The van der Waals surface area contributed by atoms with Crippen molar-refractivity contribution in [3.05, 3.63) is 35.4 Å². The van der Waals surface area contributed by atoms with Gasteiger partial charge < -0.3 is 9.47 Å². The van der Waals surface area contributed by atoms with Crippen molar-refractivity contribution in [2.45, 2.75) is 58.2 Å². The molecule has 0 amide bonds. The molecule has 0 bridgehead atoms. The molecule has 2 nitrogen and oxygen atoms in total. The van der Waals surface area contributed by atoms with E-state index >= 15 is 0 Å². The summed E-state index contributed by atoms with van der Waals surface area (Å²) in [4.78, 5) is 0. The molecule has 116 valence electrons. The van der Waals surface area contributed by atoms with Crippen LogP contribution in [0.2, 0.25) is 0 Å². The van der Waals surface area contributed by atoms with E-state index in [4.69, 9.17) is 9.47 Å². The lowest BCUT2D eigenvalue weighted by Crippen LogP contribution is -2.16. The molecule has 0 radical (unpaired) electrons. The molecule has 1 aromatic rings. The van der Waals surface area contributed by atoms with E-state index in [0.717, 1.165) is 25.0 Å². The van der Waals surface area contributed by atoms with Gasteiger partial charge in [-0.25, -0.2) is 0 Å². The van der Waals surface area contributed by atoms with Crippen LogP contribution in [-0.2, 0) is 15.9 Å². The largest absolute Gasteiger partial charge is 0.346 e. The first-order valence-corrected chi connectivity index (χ1v) is 8.67. The van der Waals surface area contributed by atoms with E-state index in [1.165, 1.54) is 56.1 Å². The first-order chi connectivity index (χ1) is 10.4. The van der Waals surface area contributed by atoms with Crippen molar-refractivity contribution in [1.82, 2.24) is 0 Å². The predicted octanol–water partition coefficient (Wildman–Crippen LogP) is 4.88. The van der Waals surface area contributed by atoms with Gasteiger partial charge in [-0.3, -0.25) is 0 Å². The van der Waals surface area contributed by atoms with Crippen LogP contribution in [0.5, 0.6) is 0 Å². The molecule has 0 aromatic heterocycles. The first kappa shape index (κ1) is 15.1. The van der Waals surface area contributed by atoms with Gasteiger partial charge in [-0.15, -0.1) is 0 Å². The molecule has 3 rings (SSSR count). The Balaban J connectivity index is 1.59. The minimum absolute atomic E-state index is 0.129. The number of aryl methyl sites for hydroxylation is 1. The van der Waals surface area contributed by atoms with Crippen LogP contribution in [0.25, 0.3) is 0 Å². The van der Waals surface area contributed by atoms with Crippen LogP contribution < -0.4 is 0 Å². The van der Waals surface area contributed by atoms with Crippen molar-refractivity contribution in [2.24, 2.45) is 11.8 Å². The lowest BCUT2D eigenvalue weighted by Gasteiger charge is -2.28. The maximum absolute atomic E-state index is 5.68. The summed E-state index contributed by atoms with van der Waals surface area (Å²) < 4.78 is 11.4. The number of rotatable bonds is 5. The predicted molar refractivity (Wildman–Crippen MR) is 85.1 cm³/mol. The minimum atomic E-state index is -0.129. The van der Waals surface area contributed by atoms with Crippen LogP contribution in [0.3, 0.4) is 0 Å². The average molecular weight is 288 g/mol. The van der Waals surface area contributed by atoms with Crippen LogP contribution in [0, 0.1) is 11.8 Å². The molecule has 2 fully saturated rings. The van der Waals surface area contributed by atoms with Gasteiger partial charge in [0, 0.05) is 5.56 Å². The topological polar surface area (TPSA) is 18.5 Å². The van der Waals surface area contributed by atoms with Gasteiger partial charge in [0.25, 0.3) is 0 Å². The third-order valence-electron chi connectivity index (χ3n) is 5.22. The summed E-state index contributed by atoms with van der Waals surface area (Å²) >= 11 is 0. The molecule has 0 spiro atoms. The van der Waals surface area contributed by atoms with Crippen LogP contribution in [0.15, 0.2) is 24.3 Å². The second-order valence-electron chi connectivity index (χ2n) is 6.62. The Hall–Kier alpha value is -0.860. The highest BCUT2D eigenvalue weighted by Crippen LogP contribution is 2.34. The lowest BCUT2D eigenvalue weighted by atomic mass is 9.78. The Morgan fingerprint density at radius 1 is 1.05 bits per heavy atom. The van der Waals surface area contributed by atoms with Crippen LogP contribution in [0.1, 0.15) is 62.9 Å². The molecule has 1 saturated carbocycles. The average Bonchev–Trinajstić information content (AvgIpc) is 3.08. The molecule has 2 heteroatoms. The van der Waals surface area contributed by atoms with Crippen LogP contribution in [-0.4, -0.2) is 13.2 Å². The van der Waals surface area contributed by atoms with Gasteiger partial charge in [0.05, 0.1) is 13.2 Å². The molecule has 21 heavy (non-hydrogen) atoms. The van der Waals surface area contributed by atoms with Crippen molar-refractivity contribution in [3.63, 3.8) is 0 Å². The second kappa shape index (κ2) is 7.42. The number of benzene rings is 1. The second-order valence-corrected chi connectivity index (χ2v) is 6.62. The Bertz CT molecular complexity index is 437. The van der Waals surface area contributed by atoms with Gasteiger partial charge in [0.15, 0.2) is 6.29 Å². The molecule has 1 aliphatic carbocycles. The molecular formula is C19H28O2. The normalized spacial score (nSPS) is 27.1. The summed E-state index contributed by atoms with van der Waals surface area (Å²) in [6.45, 7) is 3.79. The van der Waals surface area contributed by atoms with Crippen molar-refractivity contribution >= 4 is 0 Å². The van der Waals surface area contributed by atoms with E-state index in [1.807, 2.05) is 0 Å². The van der Waals surface area contributed by atoms with Gasteiger partial charge >= 0.3 is 0 Å². The zero-order valence-corrected chi connectivity index (χ0v) is 13.2. The molecule has 1 heterocycles. The standard InChI is InChI=1S/C19H28O2/c1-2-15-6-5-7-16(14-15)10-11-17-8-3-4-9-18(17)19-20-12-13-21-19/h3-4,8-9,15-16,19H,2,5-7,10-14H2,1H3. The number of ether oxygens (including phenoxy) is 2. The first-order valence-electron chi connectivity index (χ1n) is 8.67. The van der Waals surface area contributed by atoms with E-state index < -0.39 is 0 Å². The Morgan fingerprint density at radius 3 is 2.62 bits per heavy atom. The molecule has 1 saturated heterocycles. The summed E-state index contributed by atoms with van der Waals surface area (Å²) in [5.74, 6) is 1.89. The number of hydrogen-bond acceptors (Lipinski definition) is 2. The highest BCUT2D eigenvalue weighted by Gasteiger charge is 2.23. The van der Waals surface area contributed by atoms with Gasteiger partial charge in [-0.1, -0.05) is 56.9 Å². The maximum atomic E-state index is 5.68. The zero-order valence-electron chi connectivity index (χ0n) is 13.2. The molecule has 2 atom stereocenters. The molecule has 2 unspecified atom stereocenters. The zero-order chi connectivity index (χ0) is 14.5. The van der Waals surface area contributed by atoms with Crippen molar-refractivity contribution in [2.75, 3.05) is 13.2 Å². The summed E-state index contributed by atoms with van der Waals surface area (Å²) in [5.41, 5.74) is 2.67. The van der Waals surface area contributed by atoms with E-state index in [-0.39, 0.29) is 6.29 Å². The molecule has 1 aromatic carbocycles. The summed E-state index contributed by atoms with van der Waals surface area (Å²) in [5, 5.41) is 0. The molecule has 2 aliphatic rings. The van der Waals surface area contributed by atoms with Gasteiger partial charge in [-0.2, -0.15) is 0 Å². The lowest BCUT2D eigenvalue weighted by molar-refractivity contribution is -0.0447. The minimum Gasteiger partial charge on any atom is -0.346 e. The summed E-state index contributed by atoms with van der Waals surface area (Å²) in [7, 11) is 0. The fourth-order valence-corrected chi connectivity index (χ4v) is 3.92. The smallest absolute Gasteiger partial charge is 0.184 e. The Labute approximate surface area is 128 Å². The van der Waals surface area contributed by atoms with E-state index in [0.29, 0.717) is 0 Å². The SMILES string of the molecule is CCC1CCCC(CCc2ccccc2C2OCCO2)C1. The molecular weight excluding hydrogens is 260 g/mol. The fourth-order valence-electron chi connectivity index (χ4n) is 3.92. The third-order valence-corrected chi connectivity index (χ3v) is 5.22.